The van der Waals surface area contributed by atoms with Crippen LogP contribution in [0.2, 0.25) is 0 Å². The van der Waals surface area contributed by atoms with Gasteiger partial charge in [0.1, 0.15) is 23.0 Å². The van der Waals surface area contributed by atoms with Gasteiger partial charge in [-0.25, -0.2) is 4.79 Å². The van der Waals surface area contributed by atoms with Gasteiger partial charge < -0.3 is 98.2 Å². The Balaban J connectivity index is 0. The molecular weight excluding hydrogens is 829 g/mol. The summed E-state index contributed by atoms with van der Waals surface area (Å²) in [6.45, 7) is 1.19. The van der Waals surface area contributed by atoms with E-state index in [-0.39, 0.29) is 32.6 Å². The number of rotatable bonds is 1. The van der Waals surface area contributed by atoms with Crippen LogP contribution in [0.5, 0.6) is 23.0 Å². The number of fused-ring (bicyclic) bond motifs is 6. The van der Waals surface area contributed by atoms with Gasteiger partial charge in [0, 0.05) is 47.6 Å². The predicted octanol–water partition coefficient (Wildman–Crippen LogP) is 1.19. The molecule has 0 aliphatic carbocycles. The molecule has 0 atom stereocenters. The Morgan fingerprint density at radius 1 is 0.660 bits per heavy atom. The zero-order valence-corrected chi connectivity index (χ0v) is 25.2. The molecule has 0 fully saturated rings. The minimum absolute atomic E-state index is 0. The van der Waals surface area contributed by atoms with Gasteiger partial charge in [-0.1, -0.05) is 12.1 Å². The second-order valence-electron chi connectivity index (χ2n) is 7.78. The quantitative estimate of drug-likeness (QED) is 0.0993. The first kappa shape index (κ1) is 42.9. The fourth-order valence-corrected chi connectivity index (χ4v) is 3.77. The average Bonchev–Trinajstić information content (AvgIpc) is 3.21. The van der Waals surface area contributed by atoms with Gasteiger partial charge in [-0.05, 0) is 30.3 Å². The molecular formula is C22H21N7O17Pt. The number of carbonyl (C=O) groups is 1. The van der Waals surface area contributed by atoms with Crippen LogP contribution < -0.4 is 21.9 Å². The SMILES string of the molecule is NCCN.Nc1cccc2c1C(=O)OC21c2ccc(O)cc2Oc2cc(O)ccc21.O=[N+]([O-])[O-].O=[N+]([O-])[O-].O=[N+]([O-])[O-].O=[N+]([O-])[O-].[Pt+4]. The van der Waals surface area contributed by atoms with E-state index in [1.165, 1.54) is 24.3 Å². The maximum atomic E-state index is 12.7. The topological polar surface area (TPSA) is 419 Å². The molecule has 2 heterocycles. The van der Waals surface area contributed by atoms with E-state index in [4.69, 9.17) is 88.0 Å². The van der Waals surface area contributed by atoms with Crippen molar-refractivity contribution in [2.24, 2.45) is 11.5 Å². The molecule has 5 rings (SSSR count). The van der Waals surface area contributed by atoms with Crippen LogP contribution in [-0.2, 0) is 31.4 Å². The monoisotopic (exact) mass is 850 g/mol. The van der Waals surface area contributed by atoms with Gasteiger partial charge in [-0.2, -0.15) is 0 Å². The molecule has 0 radical (unpaired) electrons. The van der Waals surface area contributed by atoms with E-state index in [2.05, 4.69) is 0 Å². The van der Waals surface area contributed by atoms with Crippen molar-refractivity contribution in [2.75, 3.05) is 18.8 Å². The van der Waals surface area contributed by atoms with Crippen molar-refractivity contribution in [3.05, 3.63) is 138 Å². The van der Waals surface area contributed by atoms with E-state index in [1.807, 2.05) is 0 Å². The van der Waals surface area contributed by atoms with Crippen LogP contribution in [-0.4, -0.2) is 49.6 Å². The van der Waals surface area contributed by atoms with Gasteiger partial charge in [-0.15, -0.1) is 0 Å². The molecule has 25 heteroatoms. The van der Waals surface area contributed by atoms with Crippen LogP contribution >= 0.6 is 0 Å². The van der Waals surface area contributed by atoms with Crippen molar-refractivity contribution in [2.45, 2.75) is 5.60 Å². The van der Waals surface area contributed by atoms with E-state index in [0.29, 0.717) is 52.5 Å². The number of nitrogen functional groups attached to an aromatic ring is 1. The van der Waals surface area contributed by atoms with E-state index in [9.17, 15) is 15.0 Å². The van der Waals surface area contributed by atoms with Crippen LogP contribution in [0.4, 0.5) is 5.69 Å². The Kier molecular flexibility index (Phi) is 18.2. The number of nitrogens with zero attached hydrogens (tertiary/aromatic N) is 4. The molecule has 0 saturated heterocycles. The summed E-state index contributed by atoms with van der Waals surface area (Å²) in [4.78, 5) is 45.7. The summed E-state index contributed by atoms with van der Waals surface area (Å²) >= 11 is 0. The van der Waals surface area contributed by atoms with Gasteiger partial charge in [0.25, 0.3) is 0 Å². The van der Waals surface area contributed by atoms with Crippen molar-refractivity contribution in [1.82, 2.24) is 0 Å². The summed E-state index contributed by atoms with van der Waals surface area (Å²) in [5.41, 5.74) is 17.0. The largest absolute Gasteiger partial charge is 4.00 e. The van der Waals surface area contributed by atoms with Crippen molar-refractivity contribution in [3.63, 3.8) is 0 Å². The molecule has 0 amide bonds. The molecule has 24 nitrogen and oxygen atoms in total. The molecule has 1 spiro atoms. The minimum Gasteiger partial charge on any atom is -0.508 e. The number of benzene rings is 3. The Morgan fingerprint density at radius 2 is 1.02 bits per heavy atom. The normalized spacial score (nSPS) is 11.3. The van der Waals surface area contributed by atoms with E-state index < -0.39 is 31.9 Å². The second kappa shape index (κ2) is 19.9. The molecule has 0 aromatic heterocycles. The van der Waals surface area contributed by atoms with E-state index in [1.54, 1.807) is 30.3 Å². The molecule has 2 aliphatic rings. The predicted molar refractivity (Wildman–Crippen MR) is 152 cm³/mol. The fraction of sp³-hybridized carbons (Fsp3) is 0.136. The first-order valence-electron chi connectivity index (χ1n) is 11.5. The molecule has 0 unspecified atom stereocenters. The summed E-state index contributed by atoms with van der Waals surface area (Å²) < 4.78 is 11.8. The Hall–Kier alpha value is -6.26. The van der Waals surface area contributed by atoms with Crippen LogP contribution in [0, 0.1) is 61.3 Å². The number of nitrogens with two attached hydrogens (primary N) is 3. The van der Waals surface area contributed by atoms with Crippen LogP contribution in [0.15, 0.2) is 54.6 Å². The average molecular weight is 851 g/mol. The Bertz CT molecular complexity index is 1440. The number of hydrogen-bond acceptors (Lipinski definition) is 20. The molecule has 3 aromatic carbocycles. The van der Waals surface area contributed by atoms with Crippen molar-refractivity contribution >= 4 is 11.7 Å². The van der Waals surface area contributed by atoms with Crippen molar-refractivity contribution < 1.29 is 65.9 Å². The Labute approximate surface area is 274 Å². The fourth-order valence-electron chi connectivity index (χ4n) is 3.77. The number of esters is 1. The Morgan fingerprint density at radius 3 is 1.36 bits per heavy atom. The van der Waals surface area contributed by atoms with Crippen LogP contribution in [0.1, 0.15) is 27.0 Å². The van der Waals surface area contributed by atoms with Gasteiger partial charge in [0.05, 0.1) is 25.9 Å². The summed E-state index contributed by atoms with van der Waals surface area (Å²) in [7, 11) is 0. The minimum atomic E-state index is -1.75. The third-order valence-corrected chi connectivity index (χ3v) is 5.00. The molecule has 0 saturated carbocycles. The van der Waals surface area contributed by atoms with Gasteiger partial charge in [0.15, 0.2) is 5.60 Å². The number of aromatic hydroxyl groups is 2. The maximum absolute atomic E-state index is 12.7. The van der Waals surface area contributed by atoms with Gasteiger partial charge >= 0.3 is 27.0 Å². The number of phenols is 2. The molecule has 0 bridgehead atoms. The summed E-state index contributed by atoms with van der Waals surface area (Å²) in [6.07, 6.45) is 0. The summed E-state index contributed by atoms with van der Waals surface area (Å²) in [5.74, 6) is 0.176. The van der Waals surface area contributed by atoms with Crippen molar-refractivity contribution in [1.29, 1.82) is 0 Å². The second-order valence-corrected chi connectivity index (χ2v) is 7.78. The third kappa shape index (κ3) is 13.1. The van der Waals surface area contributed by atoms with E-state index in [0.717, 1.165) is 0 Å². The molecule has 47 heavy (non-hydrogen) atoms. The third-order valence-electron chi connectivity index (χ3n) is 5.00. The number of anilines is 1. The molecule has 2 aliphatic heterocycles. The first-order valence-corrected chi connectivity index (χ1v) is 11.5. The summed E-state index contributed by atoms with van der Waals surface area (Å²) in [5, 5.41) is 78.7. The van der Waals surface area contributed by atoms with Crippen molar-refractivity contribution in [3.8, 4) is 23.0 Å². The molecule has 256 valence electrons. The number of ether oxygens (including phenoxy) is 2. The summed E-state index contributed by atoms with van der Waals surface area (Å²) in [6, 6.07) is 14.4. The smallest absolute Gasteiger partial charge is 0.508 e. The van der Waals surface area contributed by atoms with Gasteiger partial charge in [0.2, 0.25) is 0 Å². The molecule has 3 aromatic rings. The molecule has 8 N–H and O–H groups in total. The maximum Gasteiger partial charge on any atom is 4.00 e. The number of carbonyl (C=O) groups excluding carboxylic acids is 1. The van der Waals surface area contributed by atoms with Crippen LogP contribution in [0.25, 0.3) is 0 Å². The van der Waals surface area contributed by atoms with E-state index >= 15 is 0 Å². The number of hydrogen-bond donors (Lipinski definition) is 5. The van der Waals surface area contributed by atoms with Gasteiger partial charge in [-0.3, -0.25) is 0 Å². The van der Waals surface area contributed by atoms with Crippen LogP contribution in [0.3, 0.4) is 0 Å². The standard InChI is InChI=1S/C20H13NO5.C2H8N2.4NO3.Pt/c21-15-3-1-2-14-18(15)19(24)26-20(14)12-6-4-10(22)8-16(12)25-17-9-11(23)5-7-13(17)20;3-1-2-4;4*2-1(3)4;/h1-9,22-23H,21H2;1-4H2;;;;;/q;;4*-1;+4. The zero-order chi connectivity index (χ0) is 35.8. The number of phenolic OH excluding ortho intramolecular Hbond substituents is 2. The first-order chi connectivity index (χ1) is 21.3. The zero-order valence-electron chi connectivity index (χ0n) is 23.0.